The number of rotatable bonds is 7. The van der Waals surface area contributed by atoms with E-state index in [0.717, 1.165) is 5.56 Å². The van der Waals surface area contributed by atoms with E-state index in [2.05, 4.69) is 15.5 Å². The number of thioether (sulfide) groups is 1. The molecule has 2 heterocycles. The second kappa shape index (κ2) is 9.19. The first-order valence-corrected chi connectivity index (χ1v) is 10.6. The minimum absolute atomic E-state index is 0.129. The van der Waals surface area contributed by atoms with Crippen molar-refractivity contribution in [2.24, 2.45) is 0 Å². The summed E-state index contributed by atoms with van der Waals surface area (Å²) in [6, 6.07) is 20.7. The van der Waals surface area contributed by atoms with Crippen LogP contribution < -0.4 is 5.32 Å². The Balaban J connectivity index is 1.55. The monoisotopic (exact) mass is 438 g/mol. The number of hydrogen-bond donors (Lipinski definition) is 1. The van der Waals surface area contributed by atoms with E-state index in [0.29, 0.717) is 34.0 Å². The number of benzene rings is 2. The maximum absolute atomic E-state index is 12.7. The molecular weight excluding hydrogens is 420 g/mol. The summed E-state index contributed by atoms with van der Waals surface area (Å²) in [7, 11) is 0. The van der Waals surface area contributed by atoms with Gasteiger partial charge in [-0.2, -0.15) is 0 Å². The molecule has 0 aliphatic heterocycles. The van der Waals surface area contributed by atoms with Gasteiger partial charge < -0.3 is 9.73 Å². The van der Waals surface area contributed by atoms with Crippen LogP contribution in [0.2, 0.25) is 5.02 Å². The number of furan rings is 1. The van der Waals surface area contributed by atoms with Gasteiger partial charge in [-0.3, -0.25) is 9.36 Å². The van der Waals surface area contributed by atoms with Crippen molar-refractivity contribution in [1.29, 1.82) is 0 Å². The maximum Gasteiger partial charge on any atom is 0.237 e. The molecule has 0 fully saturated rings. The highest BCUT2D eigenvalue weighted by Crippen LogP contribution is 2.28. The van der Waals surface area contributed by atoms with Crippen molar-refractivity contribution in [3.63, 3.8) is 0 Å². The highest BCUT2D eigenvalue weighted by Gasteiger charge is 2.22. The number of nitrogens with one attached hydrogen (secondary N) is 1. The summed E-state index contributed by atoms with van der Waals surface area (Å²) in [5.74, 6) is 1.12. The van der Waals surface area contributed by atoms with Crippen molar-refractivity contribution in [2.45, 2.75) is 23.9 Å². The van der Waals surface area contributed by atoms with Crippen LogP contribution in [0, 0.1) is 0 Å². The van der Waals surface area contributed by atoms with Crippen LogP contribution in [-0.2, 0) is 11.3 Å². The van der Waals surface area contributed by atoms with Gasteiger partial charge in [0.25, 0.3) is 0 Å². The Morgan fingerprint density at radius 1 is 1.10 bits per heavy atom. The van der Waals surface area contributed by atoms with Gasteiger partial charge in [-0.15, -0.1) is 10.2 Å². The lowest BCUT2D eigenvalue weighted by Crippen LogP contribution is -2.23. The number of carbonyl (C=O) groups excluding carboxylic acids is 1. The molecule has 0 saturated heterocycles. The fourth-order valence-corrected chi connectivity index (χ4v) is 3.84. The molecule has 2 aromatic heterocycles. The summed E-state index contributed by atoms with van der Waals surface area (Å²) in [5, 5.41) is 12.4. The van der Waals surface area contributed by atoms with Gasteiger partial charge in [0.15, 0.2) is 10.9 Å². The molecule has 1 amide bonds. The Morgan fingerprint density at radius 2 is 1.87 bits per heavy atom. The van der Waals surface area contributed by atoms with Crippen molar-refractivity contribution in [3.8, 4) is 11.6 Å². The molecule has 8 heteroatoms. The molecule has 0 unspecified atom stereocenters. The quantitative estimate of drug-likeness (QED) is 0.393. The van der Waals surface area contributed by atoms with Crippen LogP contribution in [0.15, 0.2) is 82.6 Å². The molecule has 4 aromatic rings. The number of nitrogens with zero attached hydrogens (tertiary/aromatic N) is 3. The van der Waals surface area contributed by atoms with Crippen LogP contribution in [0.5, 0.6) is 0 Å². The molecule has 152 valence electrons. The molecule has 0 saturated carbocycles. The zero-order chi connectivity index (χ0) is 20.9. The molecule has 0 bridgehead atoms. The largest absolute Gasteiger partial charge is 0.461 e. The Morgan fingerprint density at radius 3 is 2.57 bits per heavy atom. The molecule has 0 radical (unpaired) electrons. The van der Waals surface area contributed by atoms with Crippen molar-refractivity contribution in [3.05, 3.63) is 83.6 Å². The smallest absolute Gasteiger partial charge is 0.237 e. The molecule has 1 atom stereocenters. The lowest BCUT2D eigenvalue weighted by molar-refractivity contribution is -0.115. The van der Waals surface area contributed by atoms with E-state index < -0.39 is 0 Å². The predicted molar refractivity (Wildman–Crippen MR) is 119 cm³/mol. The second-order valence-electron chi connectivity index (χ2n) is 6.61. The zero-order valence-corrected chi connectivity index (χ0v) is 17.7. The van der Waals surface area contributed by atoms with Crippen molar-refractivity contribution in [1.82, 2.24) is 14.8 Å². The number of carbonyl (C=O) groups is 1. The topological polar surface area (TPSA) is 73.0 Å². The third kappa shape index (κ3) is 4.75. The van der Waals surface area contributed by atoms with E-state index in [9.17, 15) is 4.79 Å². The Kier molecular flexibility index (Phi) is 6.21. The highest BCUT2D eigenvalue weighted by atomic mass is 35.5. The molecule has 1 N–H and O–H groups in total. The summed E-state index contributed by atoms with van der Waals surface area (Å²) >= 11 is 7.25. The molecule has 0 aliphatic rings. The normalized spacial score (nSPS) is 11.9. The van der Waals surface area contributed by atoms with Gasteiger partial charge >= 0.3 is 0 Å². The van der Waals surface area contributed by atoms with Gasteiger partial charge in [-0.1, -0.05) is 53.7 Å². The van der Waals surface area contributed by atoms with Gasteiger partial charge in [0.05, 0.1) is 18.1 Å². The van der Waals surface area contributed by atoms with E-state index in [-0.39, 0.29) is 11.2 Å². The number of hydrogen-bond acceptors (Lipinski definition) is 5. The minimum atomic E-state index is -0.385. The average Bonchev–Trinajstić information content (AvgIpc) is 3.41. The summed E-state index contributed by atoms with van der Waals surface area (Å²) in [6.45, 7) is 2.40. The third-order valence-electron chi connectivity index (χ3n) is 4.41. The summed E-state index contributed by atoms with van der Waals surface area (Å²) in [4.78, 5) is 12.7. The lowest BCUT2D eigenvalue weighted by atomic mass is 10.2. The fourth-order valence-electron chi connectivity index (χ4n) is 2.86. The fraction of sp³-hybridized carbons (Fsp3) is 0.136. The van der Waals surface area contributed by atoms with Gasteiger partial charge in [0, 0.05) is 10.7 Å². The summed E-state index contributed by atoms with van der Waals surface area (Å²) in [5.41, 5.74) is 1.80. The van der Waals surface area contributed by atoms with Crippen LogP contribution >= 0.6 is 23.4 Å². The van der Waals surface area contributed by atoms with Crippen molar-refractivity contribution in [2.75, 3.05) is 5.32 Å². The van der Waals surface area contributed by atoms with E-state index in [1.807, 2.05) is 54.0 Å². The SMILES string of the molecule is C[C@H](Sc1nnc(-c2ccco2)n1Cc1ccccc1)C(=O)Nc1ccc(Cl)cc1. The van der Waals surface area contributed by atoms with Crippen molar-refractivity contribution < 1.29 is 9.21 Å². The zero-order valence-electron chi connectivity index (χ0n) is 16.2. The number of halogens is 1. The highest BCUT2D eigenvalue weighted by molar-refractivity contribution is 8.00. The molecular formula is C22H19ClN4O2S. The number of amides is 1. The summed E-state index contributed by atoms with van der Waals surface area (Å²) < 4.78 is 7.49. The van der Waals surface area contributed by atoms with Gasteiger partial charge in [-0.25, -0.2) is 0 Å². The van der Waals surface area contributed by atoms with E-state index in [1.165, 1.54) is 11.8 Å². The van der Waals surface area contributed by atoms with Crippen LogP contribution in [0.4, 0.5) is 5.69 Å². The van der Waals surface area contributed by atoms with Crippen LogP contribution in [0.25, 0.3) is 11.6 Å². The Hall–Kier alpha value is -3.03. The number of anilines is 1. The van der Waals surface area contributed by atoms with Gasteiger partial charge in [-0.05, 0) is 48.9 Å². The summed E-state index contributed by atoms with van der Waals surface area (Å²) in [6.07, 6.45) is 1.60. The number of aromatic nitrogens is 3. The Bertz CT molecular complexity index is 1110. The first kappa shape index (κ1) is 20.3. The van der Waals surface area contributed by atoms with Gasteiger partial charge in [0.2, 0.25) is 11.7 Å². The van der Waals surface area contributed by atoms with Crippen molar-refractivity contribution >= 4 is 35.0 Å². The van der Waals surface area contributed by atoms with E-state index >= 15 is 0 Å². The van der Waals surface area contributed by atoms with Crippen LogP contribution in [-0.4, -0.2) is 25.9 Å². The standard InChI is InChI=1S/C22H19ClN4O2S/c1-15(21(28)24-18-11-9-17(23)10-12-18)30-22-26-25-20(19-8-5-13-29-19)27(22)14-16-6-3-2-4-7-16/h2-13,15H,14H2,1H3,(H,24,28)/t15-/m0/s1. The van der Waals surface area contributed by atoms with E-state index in [4.69, 9.17) is 16.0 Å². The molecule has 0 spiro atoms. The molecule has 2 aromatic carbocycles. The predicted octanol–water partition coefficient (Wildman–Crippen LogP) is 5.36. The molecule has 0 aliphatic carbocycles. The molecule has 30 heavy (non-hydrogen) atoms. The third-order valence-corrected chi connectivity index (χ3v) is 5.74. The van der Waals surface area contributed by atoms with Crippen LogP contribution in [0.1, 0.15) is 12.5 Å². The lowest BCUT2D eigenvalue weighted by Gasteiger charge is -2.13. The molecule has 6 nitrogen and oxygen atoms in total. The van der Waals surface area contributed by atoms with Crippen LogP contribution in [0.3, 0.4) is 0 Å². The first-order chi connectivity index (χ1) is 14.6. The average molecular weight is 439 g/mol. The van der Waals surface area contributed by atoms with Gasteiger partial charge in [0.1, 0.15) is 0 Å². The maximum atomic E-state index is 12.7. The second-order valence-corrected chi connectivity index (χ2v) is 8.36. The first-order valence-electron chi connectivity index (χ1n) is 9.34. The van der Waals surface area contributed by atoms with E-state index in [1.54, 1.807) is 30.5 Å². The Labute approximate surface area is 183 Å². The minimum Gasteiger partial charge on any atom is -0.461 e. The molecule has 4 rings (SSSR count).